The van der Waals surface area contributed by atoms with Gasteiger partial charge in [-0.05, 0) is 80.6 Å². The summed E-state index contributed by atoms with van der Waals surface area (Å²) in [5, 5.41) is 5.31. The Balaban J connectivity index is 1.27. The number of imidazole rings is 1. The summed E-state index contributed by atoms with van der Waals surface area (Å²) < 4.78 is 3.06. The van der Waals surface area contributed by atoms with Gasteiger partial charge < -0.3 is 10.3 Å². The molecule has 0 aliphatic carbocycles. The number of fused-ring (bicyclic) bond motifs is 2. The number of carbonyl (C=O) groups excluding carboxylic acids is 1. The highest BCUT2D eigenvalue weighted by molar-refractivity contribution is 7.98. The number of hydrogen-bond acceptors (Lipinski definition) is 6. The van der Waals surface area contributed by atoms with Crippen LogP contribution in [0.3, 0.4) is 0 Å². The molecule has 194 valence electrons. The van der Waals surface area contributed by atoms with Gasteiger partial charge in [-0.15, -0.1) is 0 Å². The van der Waals surface area contributed by atoms with E-state index in [2.05, 4.69) is 61.4 Å². The molecule has 6 nitrogen and oxygen atoms in total. The number of para-hydroxylation sites is 1. The molecule has 2 atom stereocenters. The summed E-state index contributed by atoms with van der Waals surface area (Å²) in [4.78, 5) is 25.7. The molecule has 1 fully saturated rings. The highest BCUT2D eigenvalue weighted by Crippen LogP contribution is 2.45. The second-order valence-electron chi connectivity index (χ2n) is 10.6. The van der Waals surface area contributed by atoms with Crippen LogP contribution in [0.2, 0.25) is 5.02 Å². The van der Waals surface area contributed by atoms with Gasteiger partial charge in [0.2, 0.25) is 5.91 Å². The summed E-state index contributed by atoms with van der Waals surface area (Å²) in [6.45, 7) is 6.23. The minimum absolute atomic E-state index is 0.119. The Kier molecular flexibility index (Phi) is 6.58. The molecule has 0 saturated carbocycles. The van der Waals surface area contributed by atoms with Gasteiger partial charge >= 0.3 is 0 Å². The van der Waals surface area contributed by atoms with E-state index in [1.165, 1.54) is 11.1 Å². The summed E-state index contributed by atoms with van der Waals surface area (Å²) in [6, 6.07) is 22.3. The molecule has 3 aromatic carbocycles. The molecule has 3 heterocycles. The SMILES string of the molecule is CC(C)(C)N1SC(c2ccc(C[C@H](Nc3nc4ccccc4s3)c3nc4ccc(Cl)cc4[nH]3)cc2)CC1=O. The molecule has 1 aliphatic heterocycles. The maximum absolute atomic E-state index is 12.6. The largest absolute Gasteiger partial charge is 0.351 e. The van der Waals surface area contributed by atoms with Crippen molar-refractivity contribution >= 4 is 67.2 Å². The summed E-state index contributed by atoms with van der Waals surface area (Å²) in [6.07, 6.45) is 1.25. The first kappa shape index (κ1) is 25.2. The van der Waals surface area contributed by atoms with Crippen LogP contribution < -0.4 is 5.32 Å². The molecule has 1 aliphatic rings. The van der Waals surface area contributed by atoms with Gasteiger partial charge in [-0.25, -0.2) is 9.97 Å². The van der Waals surface area contributed by atoms with Gasteiger partial charge in [-0.1, -0.05) is 59.3 Å². The number of thiazole rings is 1. The zero-order chi connectivity index (χ0) is 26.4. The lowest BCUT2D eigenvalue weighted by atomic mass is 10.0. The van der Waals surface area contributed by atoms with E-state index < -0.39 is 0 Å². The molecule has 1 amide bonds. The van der Waals surface area contributed by atoms with Crippen molar-refractivity contribution in [1.29, 1.82) is 0 Å². The van der Waals surface area contributed by atoms with Gasteiger partial charge in [0.25, 0.3) is 0 Å². The molecule has 9 heteroatoms. The highest BCUT2D eigenvalue weighted by Gasteiger charge is 2.38. The van der Waals surface area contributed by atoms with Crippen molar-refractivity contribution in [2.24, 2.45) is 0 Å². The Morgan fingerprint density at radius 2 is 1.87 bits per heavy atom. The van der Waals surface area contributed by atoms with E-state index in [4.69, 9.17) is 21.6 Å². The van der Waals surface area contributed by atoms with Crippen LogP contribution in [0.25, 0.3) is 21.3 Å². The maximum Gasteiger partial charge on any atom is 0.234 e. The van der Waals surface area contributed by atoms with Crippen LogP contribution in [0.5, 0.6) is 0 Å². The fourth-order valence-electron chi connectivity index (χ4n) is 4.75. The van der Waals surface area contributed by atoms with Crippen molar-refractivity contribution in [3.05, 3.63) is 88.7 Å². The van der Waals surface area contributed by atoms with Gasteiger partial charge in [0.1, 0.15) is 5.82 Å². The molecular weight excluding hydrogens is 534 g/mol. The van der Waals surface area contributed by atoms with Crippen LogP contribution in [0, 0.1) is 0 Å². The van der Waals surface area contributed by atoms with E-state index in [-0.39, 0.29) is 22.7 Å². The molecule has 0 spiro atoms. The lowest BCUT2D eigenvalue weighted by molar-refractivity contribution is -0.127. The predicted octanol–water partition coefficient (Wildman–Crippen LogP) is 7.94. The fraction of sp³-hybridized carbons (Fsp3) is 0.276. The van der Waals surface area contributed by atoms with E-state index in [0.29, 0.717) is 17.9 Å². The van der Waals surface area contributed by atoms with Crippen molar-refractivity contribution < 1.29 is 4.79 Å². The number of carbonyl (C=O) groups is 1. The normalized spacial score (nSPS) is 17.0. The minimum atomic E-state index is -0.188. The molecule has 6 rings (SSSR count). The standard InChI is InChI=1S/C29H28ClN5OS2/c1-29(2,3)35-26(36)16-25(38-35)18-10-8-17(9-11-18)14-23(27-31-20-13-12-19(30)15-22(20)32-27)34-28-33-21-6-4-5-7-24(21)37-28/h4-13,15,23,25H,14,16H2,1-3H3,(H,31,32)(H,33,34)/t23-,25?/m0/s1. The predicted molar refractivity (Wildman–Crippen MR) is 159 cm³/mol. The quantitative estimate of drug-likeness (QED) is 0.206. The zero-order valence-corrected chi connectivity index (χ0v) is 23.8. The van der Waals surface area contributed by atoms with Crippen LogP contribution in [-0.2, 0) is 11.2 Å². The van der Waals surface area contributed by atoms with E-state index in [0.717, 1.165) is 32.2 Å². The first-order valence-corrected chi connectivity index (χ1v) is 14.6. The van der Waals surface area contributed by atoms with Gasteiger partial charge in [0, 0.05) is 17.0 Å². The van der Waals surface area contributed by atoms with Gasteiger partial charge in [-0.3, -0.25) is 9.10 Å². The highest BCUT2D eigenvalue weighted by atomic mass is 35.5. The lowest BCUT2D eigenvalue weighted by Crippen LogP contribution is -2.37. The van der Waals surface area contributed by atoms with Gasteiger partial charge in [-0.2, -0.15) is 0 Å². The van der Waals surface area contributed by atoms with Crippen LogP contribution in [0.4, 0.5) is 5.13 Å². The molecule has 0 bridgehead atoms. The molecule has 2 N–H and O–H groups in total. The van der Waals surface area contributed by atoms with Crippen LogP contribution in [0.1, 0.15) is 55.4 Å². The van der Waals surface area contributed by atoms with E-state index in [1.807, 2.05) is 40.7 Å². The van der Waals surface area contributed by atoms with Crippen molar-refractivity contribution in [3.63, 3.8) is 0 Å². The van der Waals surface area contributed by atoms with Gasteiger partial charge in [0.15, 0.2) is 5.13 Å². The molecule has 5 aromatic rings. The summed E-state index contributed by atoms with van der Waals surface area (Å²) in [5.74, 6) is 1.03. The summed E-state index contributed by atoms with van der Waals surface area (Å²) >= 11 is 9.51. The number of nitrogens with zero attached hydrogens (tertiary/aromatic N) is 3. The second-order valence-corrected chi connectivity index (χ2v) is 13.2. The van der Waals surface area contributed by atoms with Crippen LogP contribution in [-0.4, -0.2) is 30.7 Å². The Morgan fingerprint density at radius 1 is 1.08 bits per heavy atom. The number of H-pyrrole nitrogens is 1. The van der Waals surface area contributed by atoms with E-state index >= 15 is 0 Å². The van der Waals surface area contributed by atoms with Crippen molar-refractivity contribution in [2.45, 2.75) is 50.4 Å². The summed E-state index contributed by atoms with van der Waals surface area (Å²) in [7, 11) is 0. The second kappa shape index (κ2) is 9.91. The molecule has 38 heavy (non-hydrogen) atoms. The fourth-order valence-corrected chi connectivity index (χ4v) is 7.09. The third-order valence-corrected chi connectivity index (χ3v) is 9.46. The van der Waals surface area contributed by atoms with E-state index in [1.54, 1.807) is 23.3 Å². The van der Waals surface area contributed by atoms with Crippen LogP contribution >= 0.6 is 34.9 Å². The topological polar surface area (TPSA) is 73.9 Å². The number of halogens is 1. The van der Waals surface area contributed by atoms with Gasteiger partial charge in [0.05, 0.1) is 32.5 Å². The molecular formula is C29H28ClN5OS2. The number of aromatic amines is 1. The molecule has 0 radical (unpaired) electrons. The summed E-state index contributed by atoms with van der Waals surface area (Å²) in [5.41, 5.74) is 4.92. The Labute approximate surface area is 235 Å². The number of amides is 1. The number of nitrogens with one attached hydrogen (secondary N) is 2. The Hall–Kier alpha value is -3.07. The smallest absolute Gasteiger partial charge is 0.234 e. The third kappa shape index (κ3) is 5.13. The Bertz CT molecular complexity index is 1590. The maximum atomic E-state index is 12.6. The lowest BCUT2D eigenvalue weighted by Gasteiger charge is -2.30. The number of benzene rings is 3. The first-order valence-electron chi connectivity index (χ1n) is 12.6. The third-order valence-electron chi connectivity index (χ3n) is 6.60. The van der Waals surface area contributed by atoms with Crippen molar-refractivity contribution in [1.82, 2.24) is 19.3 Å². The molecule has 2 aromatic heterocycles. The minimum Gasteiger partial charge on any atom is -0.351 e. The first-order chi connectivity index (χ1) is 18.2. The van der Waals surface area contributed by atoms with Crippen molar-refractivity contribution in [3.8, 4) is 0 Å². The average Bonchev–Trinajstić information content (AvgIpc) is 3.59. The van der Waals surface area contributed by atoms with Crippen LogP contribution in [0.15, 0.2) is 66.7 Å². The van der Waals surface area contributed by atoms with E-state index in [9.17, 15) is 4.79 Å². The Morgan fingerprint density at radius 3 is 2.61 bits per heavy atom. The monoisotopic (exact) mass is 561 g/mol. The zero-order valence-electron chi connectivity index (χ0n) is 21.4. The number of rotatable bonds is 6. The molecule has 1 saturated heterocycles. The number of hydrogen-bond donors (Lipinski definition) is 2. The van der Waals surface area contributed by atoms with Crippen molar-refractivity contribution in [2.75, 3.05) is 5.32 Å². The number of anilines is 1. The molecule has 1 unspecified atom stereocenters. The average molecular weight is 562 g/mol. The number of aromatic nitrogens is 3.